The molecule has 0 N–H and O–H groups in total. The van der Waals surface area contributed by atoms with Crippen LogP contribution in [0.15, 0.2) is 36.4 Å². The molecule has 0 aliphatic rings. The van der Waals surface area contributed by atoms with Crippen LogP contribution in [0.4, 0.5) is 0 Å². The van der Waals surface area contributed by atoms with Gasteiger partial charge < -0.3 is 4.74 Å². The molecule has 2 heteroatoms. The third kappa shape index (κ3) is 2.95. The van der Waals surface area contributed by atoms with Gasteiger partial charge in [0, 0.05) is 11.5 Å². The molecule has 0 bridgehead atoms. The number of benzene rings is 2. The van der Waals surface area contributed by atoms with Crippen molar-refractivity contribution < 1.29 is 9.53 Å². The lowest BCUT2D eigenvalue weighted by molar-refractivity contribution is 0.0923. The van der Waals surface area contributed by atoms with Crippen LogP contribution in [0.1, 0.15) is 37.0 Å². The maximum Gasteiger partial charge on any atom is 0.165 e. The zero-order valence-electron chi connectivity index (χ0n) is 11.8. The lowest BCUT2D eigenvalue weighted by atomic mass is 9.94. The van der Waals surface area contributed by atoms with Crippen LogP contribution in [0.3, 0.4) is 0 Å². The predicted octanol–water partition coefficient (Wildman–Crippen LogP) is 4.47. The van der Waals surface area contributed by atoms with E-state index in [0.29, 0.717) is 0 Å². The minimum atomic E-state index is 0.0979. The Bertz CT molecular complexity index is 587. The van der Waals surface area contributed by atoms with Crippen molar-refractivity contribution in [1.29, 1.82) is 0 Å². The van der Waals surface area contributed by atoms with Crippen LogP contribution in [0.25, 0.3) is 10.8 Å². The van der Waals surface area contributed by atoms with Crippen molar-refractivity contribution in [3.8, 4) is 5.75 Å². The summed E-state index contributed by atoms with van der Waals surface area (Å²) in [5.74, 6) is 1.17. The molecule has 0 fully saturated rings. The number of ether oxygens (including phenoxy) is 1. The van der Waals surface area contributed by atoms with E-state index in [4.69, 9.17) is 4.74 Å². The summed E-state index contributed by atoms with van der Waals surface area (Å²) in [5.41, 5.74) is 0.804. The van der Waals surface area contributed by atoms with E-state index in [1.54, 1.807) is 7.11 Å². The van der Waals surface area contributed by atoms with E-state index < -0.39 is 0 Å². The summed E-state index contributed by atoms with van der Waals surface area (Å²) < 4.78 is 5.20. The number of hydrogen-bond donors (Lipinski definition) is 0. The van der Waals surface area contributed by atoms with E-state index in [-0.39, 0.29) is 11.7 Å². The molecule has 0 aliphatic heterocycles. The van der Waals surface area contributed by atoms with Gasteiger partial charge in [-0.2, -0.15) is 0 Å². The molecule has 0 heterocycles. The predicted molar refractivity (Wildman–Crippen MR) is 78.9 cm³/mol. The smallest absolute Gasteiger partial charge is 0.165 e. The van der Waals surface area contributed by atoms with Crippen LogP contribution in [0.2, 0.25) is 0 Å². The summed E-state index contributed by atoms with van der Waals surface area (Å²) in [6.45, 7) is 4.11. The molecule has 100 valence electrons. The number of carbonyl (C=O) groups excluding carboxylic acids is 1. The van der Waals surface area contributed by atoms with E-state index in [1.165, 1.54) is 0 Å². The Balaban J connectivity index is 2.34. The fourth-order valence-electron chi connectivity index (χ4n) is 2.35. The molecule has 0 aromatic heterocycles. The molecule has 0 radical (unpaired) electrons. The van der Waals surface area contributed by atoms with Gasteiger partial charge in [-0.25, -0.2) is 0 Å². The van der Waals surface area contributed by atoms with Gasteiger partial charge in [-0.1, -0.05) is 38.5 Å². The first-order valence-electron chi connectivity index (χ1n) is 6.77. The molecule has 0 saturated carbocycles. The largest absolute Gasteiger partial charge is 0.497 e. The fraction of sp³-hybridized carbons (Fsp3) is 0.353. The van der Waals surface area contributed by atoms with Gasteiger partial charge in [0.2, 0.25) is 0 Å². The van der Waals surface area contributed by atoms with E-state index in [0.717, 1.165) is 34.9 Å². The molecule has 2 rings (SSSR count). The van der Waals surface area contributed by atoms with E-state index in [2.05, 4.69) is 6.92 Å². The Morgan fingerprint density at radius 1 is 1.16 bits per heavy atom. The second kappa shape index (κ2) is 5.87. The number of hydrogen-bond acceptors (Lipinski definition) is 2. The van der Waals surface area contributed by atoms with Crippen LogP contribution in [-0.4, -0.2) is 12.9 Å². The summed E-state index contributed by atoms with van der Waals surface area (Å²) in [5, 5.41) is 2.18. The van der Waals surface area contributed by atoms with Crippen molar-refractivity contribution in [3.05, 3.63) is 42.0 Å². The lowest BCUT2D eigenvalue weighted by Gasteiger charge is -2.10. The highest BCUT2D eigenvalue weighted by Gasteiger charge is 2.14. The van der Waals surface area contributed by atoms with Gasteiger partial charge in [0.1, 0.15) is 5.75 Å². The second-order valence-corrected chi connectivity index (χ2v) is 4.98. The zero-order valence-corrected chi connectivity index (χ0v) is 11.8. The van der Waals surface area contributed by atoms with E-state index in [9.17, 15) is 4.79 Å². The highest BCUT2D eigenvalue weighted by Crippen LogP contribution is 2.23. The number of fused-ring (bicyclic) bond motifs is 1. The minimum Gasteiger partial charge on any atom is -0.497 e. The molecule has 1 unspecified atom stereocenters. The first-order chi connectivity index (χ1) is 9.15. The standard InChI is InChI=1S/C17H20O2/c1-4-5-12(2)17(18)15-7-6-14-11-16(19-3)9-8-13(14)10-15/h6-12H,4-5H2,1-3H3. The van der Waals surface area contributed by atoms with Gasteiger partial charge in [0.05, 0.1) is 7.11 Å². The maximum atomic E-state index is 12.3. The molecule has 0 amide bonds. The van der Waals surface area contributed by atoms with Gasteiger partial charge in [-0.05, 0) is 35.4 Å². The lowest BCUT2D eigenvalue weighted by Crippen LogP contribution is -2.10. The maximum absolute atomic E-state index is 12.3. The number of ketones is 1. The van der Waals surface area contributed by atoms with Crippen LogP contribution in [-0.2, 0) is 0 Å². The summed E-state index contributed by atoms with van der Waals surface area (Å²) in [6, 6.07) is 11.8. The van der Waals surface area contributed by atoms with E-state index in [1.807, 2.05) is 43.3 Å². The van der Waals surface area contributed by atoms with Crippen molar-refractivity contribution in [2.75, 3.05) is 7.11 Å². The van der Waals surface area contributed by atoms with Crippen molar-refractivity contribution in [2.45, 2.75) is 26.7 Å². The quantitative estimate of drug-likeness (QED) is 0.738. The van der Waals surface area contributed by atoms with Crippen LogP contribution < -0.4 is 4.74 Å². The Labute approximate surface area is 114 Å². The zero-order chi connectivity index (χ0) is 13.8. The Hall–Kier alpha value is -1.83. The number of rotatable bonds is 5. The van der Waals surface area contributed by atoms with Crippen LogP contribution in [0, 0.1) is 5.92 Å². The SMILES string of the molecule is CCCC(C)C(=O)c1ccc2cc(OC)ccc2c1. The third-order valence-electron chi connectivity index (χ3n) is 3.50. The first-order valence-corrected chi connectivity index (χ1v) is 6.77. The third-order valence-corrected chi connectivity index (χ3v) is 3.50. The molecule has 0 aliphatic carbocycles. The van der Waals surface area contributed by atoms with Gasteiger partial charge in [0.15, 0.2) is 5.78 Å². The van der Waals surface area contributed by atoms with Gasteiger partial charge in [-0.15, -0.1) is 0 Å². The Kier molecular flexibility index (Phi) is 4.20. The summed E-state index contributed by atoms with van der Waals surface area (Å²) in [6.07, 6.45) is 1.98. The molecular formula is C17H20O2. The Morgan fingerprint density at radius 2 is 1.84 bits per heavy atom. The van der Waals surface area contributed by atoms with Gasteiger partial charge >= 0.3 is 0 Å². The molecule has 2 aromatic rings. The molecule has 2 aromatic carbocycles. The van der Waals surface area contributed by atoms with Gasteiger partial charge in [-0.3, -0.25) is 4.79 Å². The normalized spacial score (nSPS) is 12.4. The monoisotopic (exact) mass is 256 g/mol. The fourth-order valence-corrected chi connectivity index (χ4v) is 2.35. The first kappa shape index (κ1) is 13.6. The highest BCUT2D eigenvalue weighted by molar-refractivity contribution is 6.01. The van der Waals surface area contributed by atoms with Crippen molar-refractivity contribution in [1.82, 2.24) is 0 Å². The highest BCUT2D eigenvalue weighted by atomic mass is 16.5. The number of methoxy groups -OCH3 is 1. The molecule has 19 heavy (non-hydrogen) atoms. The average molecular weight is 256 g/mol. The molecular weight excluding hydrogens is 236 g/mol. The summed E-state index contributed by atoms with van der Waals surface area (Å²) in [4.78, 5) is 12.3. The molecule has 1 atom stereocenters. The molecule has 2 nitrogen and oxygen atoms in total. The second-order valence-electron chi connectivity index (χ2n) is 4.98. The number of Topliss-reactive ketones (excluding diaryl/α,β-unsaturated/α-hetero) is 1. The topological polar surface area (TPSA) is 26.3 Å². The van der Waals surface area contributed by atoms with E-state index >= 15 is 0 Å². The molecule has 0 saturated heterocycles. The van der Waals surface area contributed by atoms with Crippen molar-refractivity contribution in [3.63, 3.8) is 0 Å². The van der Waals surface area contributed by atoms with Crippen LogP contribution in [0.5, 0.6) is 5.75 Å². The average Bonchev–Trinajstić information content (AvgIpc) is 2.45. The van der Waals surface area contributed by atoms with Crippen LogP contribution >= 0.6 is 0 Å². The Morgan fingerprint density at radius 3 is 2.53 bits per heavy atom. The summed E-state index contributed by atoms with van der Waals surface area (Å²) in [7, 11) is 1.66. The molecule has 0 spiro atoms. The van der Waals surface area contributed by atoms with Gasteiger partial charge in [0.25, 0.3) is 0 Å². The van der Waals surface area contributed by atoms with Crippen molar-refractivity contribution in [2.24, 2.45) is 5.92 Å². The minimum absolute atomic E-state index is 0.0979. The number of carbonyl (C=O) groups is 1. The summed E-state index contributed by atoms with van der Waals surface area (Å²) >= 11 is 0. The van der Waals surface area contributed by atoms with Crippen molar-refractivity contribution >= 4 is 16.6 Å².